The summed E-state index contributed by atoms with van der Waals surface area (Å²) < 4.78 is 20.1. The van der Waals surface area contributed by atoms with Crippen molar-refractivity contribution in [1.29, 1.82) is 0 Å². The fourth-order valence-corrected chi connectivity index (χ4v) is 1.53. The van der Waals surface area contributed by atoms with Gasteiger partial charge in [0.05, 0.1) is 0 Å². The van der Waals surface area contributed by atoms with Crippen molar-refractivity contribution in [2.45, 2.75) is 39.0 Å². The third-order valence-corrected chi connectivity index (χ3v) is 2.50. The maximum Gasteiger partial charge on any atom is 0.753 e. The number of hydrogen-bond acceptors (Lipinski definition) is 4. The van der Waals surface area contributed by atoms with Crippen LogP contribution < -0.4 is 0 Å². The number of unbranched alkanes of at least 4 members (excludes halogenated alkanes) is 4. The second-order valence-corrected chi connectivity index (χ2v) is 3.97. The predicted octanol–water partition coefficient (Wildman–Crippen LogP) is 3.36. The third-order valence-electron chi connectivity index (χ3n) is 1.78. The molecule has 0 spiro atoms. The summed E-state index contributed by atoms with van der Waals surface area (Å²) >= 11 is 0. The predicted molar refractivity (Wildman–Crippen MR) is 58.6 cm³/mol. The van der Waals surface area contributed by atoms with Gasteiger partial charge in [-0.1, -0.05) is 39.2 Å². The zero-order chi connectivity index (χ0) is 11.5. The Balaban J connectivity index is 3.31. The molecule has 0 amide bonds. The Bertz CT molecular complexity index is 215. The van der Waals surface area contributed by atoms with Crippen LogP contribution in [0, 0.1) is 0 Å². The first kappa shape index (κ1) is 14.3. The Morgan fingerprint density at radius 3 is 2.60 bits per heavy atom. The van der Waals surface area contributed by atoms with Gasteiger partial charge in [-0.15, -0.1) is 4.52 Å². The highest BCUT2D eigenvalue weighted by molar-refractivity contribution is 7.34. The minimum Gasteiger partial charge on any atom is -0.241 e. The zero-order valence-corrected chi connectivity index (χ0v) is 10.0. The van der Waals surface area contributed by atoms with E-state index < -0.39 is 14.2 Å². The first-order valence-electron chi connectivity index (χ1n) is 5.15. The molecule has 0 saturated heterocycles. The van der Waals surface area contributed by atoms with E-state index in [-0.39, 0.29) is 0 Å². The van der Waals surface area contributed by atoms with E-state index in [4.69, 9.17) is 4.52 Å². The molecule has 0 fully saturated rings. The van der Waals surface area contributed by atoms with Crippen LogP contribution in [-0.4, -0.2) is 12.6 Å². The van der Waals surface area contributed by atoms with Gasteiger partial charge in [0.15, 0.2) is 0 Å². The molecule has 0 heterocycles. The highest BCUT2D eigenvalue weighted by Crippen LogP contribution is 2.24. The molecule has 0 aliphatic carbocycles. The topological polar surface area (TPSA) is 52.6 Å². The van der Waals surface area contributed by atoms with Gasteiger partial charge in [0.2, 0.25) is 0 Å². The van der Waals surface area contributed by atoms with Gasteiger partial charge >= 0.3 is 14.2 Å². The van der Waals surface area contributed by atoms with E-state index >= 15 is 0 Å². The van der Waals surface area contributed by atoms with Crippen molar-refractivity contribution in [3.8, 4) is 0 Å². The van der Waals surface area contributed by atoms with Crippen LogP contribution in [0.5, 0.6) is 0 Å². The molecule has 1 unspecified atom stereocenters. The molecule has 0 radical (unpaired) electrons. The molecule has 1 atom stereocenters. The molecule has 0 aliphatic rings. The summed E-state index contributed by atoms with van der Waals surface area (Å²) in [7, 11) is -2.32. The van der Waals surface area contributed by atoms with Gasteiger partial charge < -0.3 is 0 Å². The van der Waals surface area contributed by atoms with E-state index in [0.717, 1.165) is 25.3 Å². The maximum absolute atomic E-state index is 10.9. The van der Waals surface area contributed by atoms with Crippen molar-refractivity contribution in [2.24, 2.45) is 0 Å². The van der Waals surface area contributed by atoms with Gasteiger partial charge in [-0.3, -0.25) is 0 Å². The Morgan fingerprint density at radius 2 is 2.00 bits per heavy atom. The van der Waals surface area contributed by atoms with Gasteiger partial charge in [-0.25, -0.2) is 4.79 Å². The zero-order valence-electron chi connectivity index (χ0n) is 9.11. The van der Waals surface area contributed by atoms with Crippen LogP contribution in [0.3, 0.4) is 0 Å². The lowest BCUT2D eigenvalue weighted by molar-refractivity contribution is -0.129. The Hall–Kier alpha value is -0.730. The van der Waals surface area contributed by atoms with E-state index in [0.29, 0.717) is 6.61 Å². The Kier molecular flexibility index (Phi) is 9.33. The lowest BCUT2D eigenvalue weighted by atomic mass is 10.2. The summed E-state index contributed by atoms with van der Waals surface area (Å²) in [5.74, 6) is -0.720. The highest BCUT2D eigenvalue weighted by atomic mass is 31.1. The number of hydrogen-bond donors (Lipinski definition) is 0. The summed E-state index contributed by atoms with van der Waals surface area (Å²) in [5, 5.41) is 0. The van der Waals surface area contributed by atoms with Crippen molar-refractivity contribution >= 4 is 14.2 Å². The fourth-order valence-electron chi connectivity index (χ4n) is 0.982. The minimum absolute atomic E-state index is 0.364. The number of carbonyl (C=O) groups excluding carboxylic acids is 1. The first-order valence-corrected chi connectivity index (χ1v) is 6.24. The van der Waals surface area contributed by atoms with Gasteiger partial charge in [-0.05, 0) is 6.42 Å². The van der Waals surface area contributed by atoms with Crippen LogP contribution in [0.2, 0.25) is 0 Å². The van der Waals surface area contributed by atoms with E-state index in [1.165, 1.54) is 12.8 Å². The quantitative estimate of drug-likeness (QED) is 0.348. The molecule has 0 aromatic heterocycles. The highest BCUT2D eigenvalue weighted by Gasteiger charge is 2.23. The second kappa shape index (κ2) is 9.81. The second-order valence-electron chi connectivity index (χ2n) is 3.09. The molecular formula is C10H18O4P+. The monoisotopic (exact) mass is 233 g/mol. The molecular weight excluding hydrogens is 215 g/mol. The molecule has 0 aromatic carbocycles. The molecule has 86 valence electrons. The smallest absolute Gasteiger partial charge is 0.241 e. The summed E-state index contributed by atoms with van der Waals surface area (Å²) in [6.07, 6.45) is 6.39. The average Bonchev–Trinajstić information content (AvgIpc) is 2.23. The van der Waals surface area contributed by atoms with Crippen molar-refractivity contribution < 1.29 is 18.4 Å². The van der Waals surface area contributed by atoms with Gasteiger partial charge in [0.25, 0.3) is 0 Å². The molecule has 0 rings (SSSR count). The van der Waals surface area contributed by atoms with E-state index in [1.54, 1.807) is 0 Å². The van der Waals surface area contributed by atoms with Gasteiger partial charge in [-0.2, -0.15) is 4.52 Å². The average molecular weight is 233 g/mol. The minimum atomic E-state index is -2.32. The molecule has 0 bridgehead atoms. The summed E-state index contributed by atoms with van der Waals surface area (Å²) in [5.41, 5.74) is 0. The molecule has 15 heavy (non-hydrogen) atoms. The molecule has 0 aliphatic heterocycles. The van der Waals surface area contributed by atoms with E-state index in [1.807, 2.05) is 0 Å². The molecule has 4 nitrogen and oxygen atoms in total. The lowest BCUT2D eigenvalue weighted by Crippen LogP contribution is -1.95. The summed E-state index contributed by atoms with van der Waals surface area (Å²) in [6, 6.07) is 0. The van der Waals surface area contributed by atoms with Crippen LogP contribution >= 0.6 is 8.25 Å². The van der Waals surface area contributed by atoms with Crippen LogP contribution in [-0.2, 0) is 18.4 Å². The van der Waals surface area contributed by atoms with E-state index in [2.05, 4.69) is 18.0 Å². The SMILES string of the molecule is C=CC(=O)O[P+](=O)OCCCCCCC. The largest absolute Gasteiger partial charge is 0.753 e. The molecule has 0 saturated carbocycles. The van der Waals surface area contributed by atoms with Crippen molar-refractivity contribution in [3.05, 3.63) is 12.7 Å². The van der Waals surface area contributed by atoms with Crippen LogP contribution in [0.1, 0.15) is 39.0 Å². The standard InChI is InChI=1S/C10H18O4P/c1-3-5-6-7-8-9-13-15(12)14-10(11)4-2/h4H,2-3,5-9H2,1H3/q+1. The normalized spacial score (nSPS) is 10.9. The number of carbonyl (C=O) groups is 1. The van der Waals surface area contributed by atoms with Crippen LogP contribution in [0.4, 0.5) is 0 Å². The van der Waals surface area contributed by atoms with Gasteiger partial charge in [0.1, 0.15) is 6.61 Å². The van der Waals surface area contributed by atoms with Crippen LogP contribution in [0.15, 0.2) is 12.7 Å². The summed E-state index contributed by atoms with van der Waals surface area (Å²) in [4.78, 5) is 10.6. The van der Waals surface area contributed by atoms with Gasteiger partial charge in [0, 0.05) is 10.6 Å². The third kappa shape index (κ3) is 9.57. The van der Waals surface area contributed by atoms with E-state index in [9.17, 15) is 9.36 Å². The molecule has 5 heteroatoms. The Labute approximate surface area is 91.6 Å². The molecule has 0 aromatic rings. The fraction of sp³-hybridized carbons (Fsp3) is 0.700. The lowest BCUT2D eigenvalue weighted by Gasteiger charge is -1.94. The first-order chi connectivity index (χ1) is 7.20. The maximum atomic E-state index is 10.9. The number of rotatable bonds is 9. The van der Waals surface area contributed by atoms with Crippen molar-refractivity contribution in [2.75, 3.05) is 6.61 Å². The van der Waals surface area contributed by atoms with Crippen molar-refractivity contribution in [1.82, 2.24) is 0 Å². The van der Waals surface area contributed by atoms with Crippen molar-refractivity contribution in [3.63, 3.8) is 0 Å². The van der Waals surface area contributed by atoms with Crippen LogP contribution in [0.25, 0.3) is 0 Å². The summed E-state index contributed by atoms with van der Waals surface area (Å²) in [6.45, 7) is 5.69. The molecule has 0 N–H and O–H groups in total. The Morgan fingerprint density at radius 1 is 1.33 bits per heavy atom.